The van der Waals surface area contributed by atoms with Gasteiger partial charge in [-0.3, -0.25) is 9.59 Å². The molecule has 5 heteroatoms. The van der Waals surface area contributed by atoms with Crippen molar-refractivity contribution in [2.45, 2.75) is 37.5 Å². The summed E-state index contributed by atoms with van der Waals surface area (Å²) in [7, 11) is 1.57. The molecule has 2 aromatic carbocycles. The highest BCUT2D eigenvalue weighted by molar-refractivity contribution is 5.97. The van der Waals surface area contributed by atoms with Crippen LogP contribution in [0.25, 0.3) is 0 Å². The number of methoxy groups -OCH3 is 1. The molecular formula is C26H32N2O3. The van der Waals surface area contributed by atoms with Crippen LogP contribution >= 0.6 is 0 Å². The third-order valence-electron chi connectivity index (χ3n) is 6.31. The topological polar surface area (TPSA) is 67.4 Å². The zero-order valence-corrected chi connectivity index (χ0v) is 18.2. The van der Waals surface area contributed by atoms with Crippen LogP contribution in [0.15, 0.2) is 67.3 Å². The molecular weight excluding hydrogens is 388 g/mol. The highest BCUT2D eigenvalue weighted by Gasteiger charge is 2.37. The van der Waals surface area contributed by atoms with E-state index < -0.39 is 0 Å². The summed E-state index contributed by atoms with van der Waals surface area (Å²) in [6.45, 7) is 4.71. The zero-order valence-electron chi connectivity index (χ0n) is 18.2. The molecule has 2 aromatic rings. The number of ether oxygens (including phenoxy) is 1. The van der Waals surface area contributed by atoms with Crippen LogP contribution in [-0.4, -0.2) is 32.0 Å². The molecule has 2 N–H and O–H groups in total. The van der Waals surface area contributed by atoms with Crippen LogP contribution < -0.4 is 15.4 Å². The first-order valence-corrected chi connectivity index (χ1v) is 10.9. The molecule has 1 fully saturated rings. The number of para-hydroxylation sites is 1. The quantitative estimate of drug-likeness (QED) is 0.596. The molecule has 1 saturated carbocycles. The second kappa shape index (κ2) is 10.8. The normalized spacial score (nSPS) is 20.5. The van der Waals surface area contributed by atoms with Gasteiger partial charge in [0.15, 0.2) is 0 Å². The maximum absolute atomic E-state index is 12.9. The van der Waals surface area contributed by atoms with E-state index in [0.717, 1.165) is 25.7 Å². The predicted octanol–water partition coefficient (Wildman–Crippen LogP) is 4.25. The average molecular weight is 421 g/mol. The van der Waals surface area contributed by atoms with Gasteiger partial charge < -0.3 is 15.4 Å². The van der Waals surface area contributed by atoms with Gasteiger partial charge in [-0.05, 0) is 49.3 Å². The molecule has 0 bridgehead atoms. The minimum absolute atomic E-state index is 0.0848. The Kier molecular flexibility index (Phi) is 7.88. The molecule has 164 valence electrons. The SMILES string of the molecule is C=CCNC(=O)CC1CCC(CNC(=O)c2ccccc2OC)(c2ccccc2)CC1. The summed E-state index contributed by atoms with van der Waals surface area (Å²) >= 11 is 0. The number of carbonyl (C=O) groups excluding carboxylic acids is 2. The van der Waals surface area contributed by atoms with Crippen molar-refractivity contribution in [2.75, 3.05) is 20.2 Å². The lowest BCUT2D eigenvalue weighted by atomic mass is 9.66. The molecule has 1 aliphatic rings. The van der Waals surface area contributed by atoms with E-state index in [9.17, 15) is 9.59 Å². The summed E-state index contributed by atoms with van der Waals surface area (Å²) in [6.07, 6.45) is 6.03. The van der Waals surface area contributed by atoms with E-state index in [2.05, 4.69) is 29.3 Å². The first kappa shape index (κ1) is 22.6. The Bertz CT molecular complexity index is 887. The number of nitrogens with one attached hydrogen (secondary N) is 2. The molecule has 0 spiro atoms. The summed E-state index contributed by atoms with van der Waals surface area (Å²) in [5.74, 6) is 0.898. The van der Waals surface area contributed by atoms with Crippen molar-refractivity contribution in [1.29, 1.82) is 0 Å². The predicted molar refractivity (Wildman–Crippen MR) is 123 cm³/mol. The van der Waals surface area contributed by atoms with Crippen molar-refractivity contribution in [1.82, 2.24) is 10.6 Å². The molecule has 0 saturated heterocycles. The monoisotopic (exact) mass is 420 g/mol. The van der Waals surface area contributed by atoms with E-state index in [0.29, 0.717) is 36.7 Å². The average Bonchev–Trinajstić information content (AvgIpc) is 2.82. The summed E-state index contributed by atoms with van der Waals surface area (Å²) in [5, 5.41) is 6.03. The molecule has 1 aliphatic carbocycles. The van der Waals surface area contributed by atoms with Crippen LogP contribution in [0.1, 0.15) is 48.0 Å². The van der Waals surface area contributed by atoms with E-state index in [1.54, 1.807) is 25.3 Å². The van der Waals surface area contributed by atoms with Gasteiger partial charge in [-0.2, -0.15) is 0 Å². The van der Waals surface area contributed by atoms with Gasteiger partial charge in [0.1, 0.15) is 5.75 Å². The molecule has 0 heterocycles. The van der Waals surface area contributed by atoms with E-state index in [1.807, 2.05) is 30.3 Å². The molecule has 0 radical (unpaired) electrons. The van der Waals surface area contributed by atoms with Gasteiger partial charge in [-0.25, -0.2) is 0 Å². The fourth-order valence-corrected chi connectivity index (χ4v) is 4.49. The molecule has 0 aliphatic heterocycles. The van der Waals surface area contributed by atoms with Crippen LogP contribution in [0.3, 0.4) is 0 Å². The van der Waals surface area contributed by atoms with Crippen molar-refractivity contribution in [3.8, 4) is 5.75 Å². The first-order valence-electron chi connectivity index (χ1n) is 10.9. The summed E-state index contributed by atoms with van der Waals surface area (Å²) in [4.78, 5) is 25.0. The van der Waals surface area contributed by atoms with Crippen molar-refractivity contribution >= 4 is 11.8 Å². The Morgan fingerprint density at radius 3 is 2.42 bits per heavy atom. The van der Waals surface area contributed by atoms with Crippen molar-refractivity contribution in [3.63, 3.8) is 0 Å². The summed E-state index contributed by atoms with van der Waals surface area (Å²) in [5.41, 5.74) is 1.65. The largest absolute Gasteiger partial charge is 0.496 e. The van der Waals surface area contributed by atoms with Crippen LogP contribution in [0.4, 0.5) is 0 Å². The smallest absolute Gasteiger partial charge is 0.255 e. The minimum atomic E-state index is -0.132. The molecule has 0 atom stereocenters. The van der Waals surface area contributed by atoms with Gasteiger partial charge in [0.2, 0.25) is 5.91 Å². The van der Waals surface area contributed by atoms with E-state index in [4.69, 9.17) is 4.74 Å². The Hall–Kier alpha value is -3.08. The van der Waals surface area contributed by atoms with Crippen molar-refractivity contribution in [3.05, 3.63) is 78.4 Å². The number of hydrogen-bond acceptors (Lipinski definition) is 3. The first-order chi connectivity index (χ1) is 15.1. The number of benzene rings is 2. The van der Waals surface area contributed by atoms with E-state index in [1.165, 1.54) is 5.56 Å². The summed E-state index contributed by atoms with van der Waals surface area (Å²) < 4.78 is 5.34. The van der Waals surface area contributed by atoms with Crippen molar-refractivity contribution in [2.24, 2.45) is 5.92 Å². The number of hydrogen-bond donors (Lipinski definition) is 2. The third kappa shape index (κ3) is 5.75. The maximum atomic E-state index is 12.9. The molecule has 2 amide bonds. The fourth-order valence-electron chi connectivity index (χ4n) is 4.49. The van der Waals surface area contributed by atoms with E-state index in [-0.39, 0.29) is 17.2 Å². The van der Waals surface area contributed by atoms with Gasteiger partial charge >= 0.3 is 0 Å². The standard InChI is InChI=1S/C26H32N2O3/c1-3-17-27-24(29)18-20-13-15-26(16-14-20,21-9-5-4-6-10-21)19-28-25(30)22-11-7-8-12-23(22)31-2/h3-12,20H,1,13-19H2,2H3,(H,27,29)(H,28,30). The molecule has 31 heavy (non-hydrogen) atoms. The van der Waals surface area contributed by atoms with E-state index >= 15 is 0 Å². The van der Waals surface area contributed by atoms with Crippen LogP contribution in [0.5, 0.6) is 5.75 Å². The fraction of sp³-hybridized carbons (Fsp3) is 0.385. The van der Waals surface area contributed by atoms with Gasteiger partial charge in [-0.1, -0.05) is 48.5 Å². The van der Waals surface area contributed by atoms with Crippen LogP contribution in [0, 0.1) is 5.92 Å². The van der Waals surface area contributed by atoms with Crippen LogP contribution in [-0.2, 0) is 10.2 Å². The minimum Gasteiger partial charge on any atom is -0.496 e. The van der Waals surface area contributed by atoms with Gasteiger partial charge in [0.25, 0.3) is 5.91 Å². The highest BCUT2D eigenvalue weighted by Crippen LogP contribution is 2.42. The number of carbonyl (C=O) groups is 2. The lowest BCUT2D eigenvalue weighted by Crippen LogP contribution is -2.43. The zero-order chi connectivity index (χ0) is 22.1. The Balaban J connectivity index is 1.69. The van der Waals surface area contributed by atoms with Gasteiger partial charge in [0.05, 0.1) is 12.7 Å². The number of rotatable bonds is 9. The van der Waals surface area contributed by atoms with Gasteiger partial charge in [0, 0.05) is 24.9 Å². The lowest BCUT2D eigenvalue weighted by molar-refractivity contribution is -0.122. The molecule has 5 nitrogen and oxygen atoms in total. The Labute approximate surface area is 184 Å². The Morgan fingerprint density at radius 1 is 1.06 bits per heavy atom. The second-order valence-electron chi connectivity index (χ2n) is 8.27. The maximum Gasteiger partial charge on any atom is 0.255 e. The number of amides is 2. The van der Waals surface area contributed by atoms with Crippen molar-refractivity contribution < 1.29 is 14.3 Å². The Morgan fingerprint density at radius 2 is 1.74 bits per heavy atom. The molecule has 0 unspecified atom stereocenters. The molecule has 3 rings (SSSR count). The van der Waals surface area contributed by atoms with Crippen LogP contribution in [0.2, 0.25) is 0 Å². The lowest BCUT2D eigenvalue weighted by Gasteiger charge is -2.41. The highest BCUT2D eigenvalue weighted by atomic mass is 16.5. The van der Waals surface area contributed by atoms with Gasteiger partial charge in [-0.15, -0.1) is 6.58 Å². The third-order valence-corrected chi connectivity index (χ3v) is 6.31. The molecule has 0 aromatic heterocycles. The second-order valence-corrected chi connectivity index (χ2v) is 8.27. The summed E-state index contributed by atoms with van der Waals surface area (Å²) in [6, 6.07) is 17.7.